The SMILES string of the molecule is C=C(C)NC/C=C(/C)C/C(=C\C)c1n[nH]c(=S)n1-c1cccc2ccccc12. The van der Waals surface area contributed by atoms with E-state index < -0.39 is 0 Å². The fraction of sp³-hybridized carbons (Fsp3) is 0.217. The molecule has 0 aliphatic rings. The van der Waals surface area contributed by atoms with Crippen LogP contribution >= 0.6 is 12.2 Å². The topological polar surface area (TPSA) is 45.6 Å². The van der Waals surface area contributed by atoms with E-state index in [1.807, 2.05) is 30.5 Å². The summed E-state index contributed by atoms with van der Waals surface area (Å²) in [4.78, 5) is 0. The molecule has 28 heavy (non-hydrogen) atoms. The molecule has 0 aliphatic carbocycles. The molecule has 3 rings (SSSR count). The lowest BCUT2D eigenvalue weighted by Gasteiger charge is -2.13. The Morgan fingerprint density at radius 2 is 1.96 bits per heavy atom. The summed E-state index contributed by atoms with van der Waals surface area (Å²) in [7, 11) is 0. The van der Waals surface area contributed by atoms with Gasteiger partial charge in [-0.1, -0.05) is 60.7 Å². The lowest BCUT2D eigenvalue weighted by molar-refractivity contribution is 0.900. The van der Waals surface area contributed by atoms with E-state index in [1.165, 1.54) is 11.0 Å². The normalized spacial score (nSPS) is 12.4. The third-order valence-electron chi connectivity index (χ3n) is 4.64. The van der Waals surface area contributed by atoms with Gasteiger partial charge in [0.1, 0.15) is 0 Å². The van der Waals surface area contributed by atoms with E-state index >= 15 is 0 Å². The Balaban J connectivity index is 2.00. The first kappa shape index (κ1) is 19.8. The van der Waals surface area contributed by atoms with Crippen LogP contribution in [-0.2, 0) is 0 Å². The first-order chi connectivity index (χ1) is 13.5. The van der Waals surface area contributed by atoms with Crippen molar-refractivity contribution in [3.63, 3.8) is 0 Å². The molecule has 5 heteroatoms. The number of allylic oxidation sites excluding steroid dienone is 4. The van der Waals surface area contributed by atoms with Crippen molar-refractivity contribution in [2.45, 2.75) is 27.2 Å². The molecular formula is C23H26N4S. The summed E-state index contributed by atoms with van der Waals surface area (Å²) in [5.74, 6) is 0.851. The van der Waals surface area contributed by atoms with Crippen LogP contribution in [-0.4, -0.2) is 21.3 Å². The first-order valence-electron chi connectivity index (χ1n) is 9.37. The van der Waals surface area contributed by atoms with Crippen molar-refractivity contribution in [2.24, 2.45) is 0 Å². The lowest BCUT2D eigenvalue weighted by Crippen LogP contribution is -2.09. The molecule has 0 aliphatic heterocycles. The van der Waals surface area contributed by atoms with Gasteiger partial charge in [-0.05, 0) is 56.4 Å². The molecule has 1 aromatic heterocycles. The van der Waals surface area contributed by atoms with E-state index in [-0.39, 0.29) is 0 Å². The second kappa shape index (κ2) is 8.85. The third-order valence-corrected chi connectivity index (χ3v) is 4.91. The number of aromatic amines is 1. The van der Waals surface area contributed by atoms with Gasteiger partial charge in [0.2, 0.25) is 0 Å². The maximum atomic E-state index is 5.58. The Labute approximate surface area is 171 Å². The van der Waals surface area contributed by atoms with Crippen LogP contribution in [0.1, 0.15) is 33.0 Å². The molecule has 2 N–H and O–H groups in total. The van der Waals surface area contributed by atoms with Gasteiger partial charge in [0.15, 0.2) is 10.6 Å². The van der Waals surface area contributed by atoms with E-state index in [0.29, 0.717) is 4.77 Å². The standard InChI is InChI=1S/C23H26N4S/c1-5-18(15-17(4)13-14-24-16(2)3)22-25-26-23(28)27(22)21-12-8-10-19-9-6-7-11-20(19)21/h5-13,24H,2,14-15H2,1,3-4H3,(H,26,28)/b17-13-,18-5+. The van der Waals surface area contributed by atoms with Gasteiger partial charge >= 0.3 is 0 Å². The van der Waals surface area contributed by atoms with Gasteiger partial charge in [-0.2, -0.15) is 5.10 Å². The Morgan fingerprint density at radius 3 is 2.71 bits per heavy atom. The van der Waals surface area contributed by atoms with E-state index in [0.717, 1.165) is 41.1 Å². The fourth-order valence-corrected chi connectivity index (χ4v) is 3.45. The van der Waals surface area contributed by atoms with Crippen molar-refractivity contribution in [1.29, 1.82) is 0 Å². The number of aromatic nitrogens is 3. The number of hydrogen-bond donors (Lipinski definition) is 2. The Kier molecular flexibility index (Phi) is 6.26. The van der Waals surface area contributed by atoms with Crippen molar-refractivity contribution in [3.8, 4) is 5.69 Å². The number of nitrogens with zero attached hydrogens (tertiary/aromatic N) is 2. The molecule has 0 saturated carbocycles. The molecule has 0 fully saturated rings. The van der Waals surface area contributed by atoms with Crippen LogP contribution in [0.3, 0.4) is 0 Å². The van der Waals surface area contributed by atoms with E-state index in [1.54, 1.807) is 0 Å². The minimum absolute atomic E-state index is 0.594. The third kappa shape index (κ3) is 4.31. The summed E-state index contributed by atoms with van der Waals surface area (Å²) >= 11 is 5.58. The lowest BCUT2D eigenvalue weighted by atomic mass is 10.0. The molecule has 4 nitrogen and oxygen atoms in total. The van der Waals surface area contributed by atoms with Crippen molar-refractivity contribution >= 4 is 28.6 Å². The molecule has 0 saturated heterocycles. The minimum atomic E-state index is 0.594. The van der Waals surface area contributed by atoms with Crippen molar-refractivity contribution in [1.82, 2.24) is 20.1 Å². The molecule has 3 aromatic rings. The second-order valence-electron chi connectivity index (χ2n) is 6.89. The molecule has 0 unspecified atom stereocenters. The second-order valence-corrected chi connectivity index (χ2v) is 7.28. The van der Waals surface area contributed by atoms with Crippen LogP contribution in [0.25, 0.3) is 22.0 Å². The van der Waals surface area contributed by atoms with Crippen LogP contribution in [0.2, 0.25) is 0 Å². The predicted octanol–water partition coefficient (Wildman–Crippen LogP) is 5.95. The van der Waals surface area contributed by atoms with Crippen LogP contribution in [0, 0.1) is 4.77 Å². The Morgan fingerprint density at radius 1 is 1.21 bits per heavy atom. The van der Waals surface area contributed by atoms with Gasteiger partial charge in [0.05, 0.1) is 5.69 Å². The summed E-state index contributed by atoms with van der Waals surface area (Å²) < 4.78 is 2.63. The zero-order valence-corrected chi connectivity index (χ0v) is 17.4. The Bertz CT molecular complexity index is 1110. The van der Waals surface area contributed by atoms with Gasteiger partial charge in [-0.15, -0.1) is 0 Å². The van der Waals surface area contributed by atoms with Crippen LogP contribution in [0.4, 0.5) is 0 Å². The molecule has 1 heterocycles. The smallest absolute Gasteiger partial charge is 0.200 e. The quantitative estimate of drug-likeness (QED) is 0.387. The highest BCUT2D eigenvalue weighted by Gasteiger charge is 2.15. The van der Waals surface area contributed by atoms with Gasteiger partial charge in [-0.3, -0.25) is 9.67 Å². The average molecular weight is 391 g/mol. The van der Waals surface area contributed by atoms with Crippen molar-refractivity contribution in [3.05, 3.63) is 83.1 Å². The monoisotopic (exact) mass is 390 g/mol. The van der Waals surface area contributed by atoms with Crippen LogP contribution in [0.5, 0.6) is 0 Å². The molecule has 0 amide bonds. The number of fused-ring (bicyclic) bond motifs is 1. The average Bonchev–Trinajstić information content (AvgIpc) is 3.06. The molecule has 144 valence electrons. The van der Waals surface area contributed by atoms with E-state index in [4.69, 9.17) is 12.2 Å². The zero-order valence-electron chi connectivity index (χ0n) is 16.6. The highest BCUT2D eigenvalue weighted by atomic mass is 32.1. The van der Waals surface area contributed by atoms with Gasteiger partial charge < -0.3 is 5.32 Å². The molecule has 0 spiro atoms. The number of nitrogens with one attached hydrogen (secondary N) is 2. The Hall–Kier alpha value is -2.92. The molecule has 0 atom stereocenters. The molecular weight excluding hydrogens is 364 g/mol. The maximum absolute atomic E-state index is 5.58. The minimum Gasteiger partial charge on any atom is -0.386 e. The molecule has 0 radical (unpaired) electrons. The summed E-state index contributed by atoms with van der Waals surface area (Å²) in [5.41, 5.74) is 4.40. The van der Waals surface area contributed by atoms with Gasteiger partial charge in [-0.25, -0.2) is 0 Å². The molecule has 0 bridgehead atoms. The summed E-state index contributed by atoms with van der Waals surface area (Å²) in [5, 5.41) is 13.1. The highest BCUT2D eigenvalue weighted by Crippen LogP contribution is 2.28. The number of rotatable bonds is 7. The largest absolute Gasteiger partial charge is 0.386 e. The van der Waals surface area contributed by atoms with Gasteiger partial charge in [0, 0.05) is 17.6 Å². The summed E-state index contributed by atoms with van der Waals surface area (Å²) in [6.45, 7) is 10.8. The first-order valence-corrected chi connectivity index (χ1v) is 9.78. The number of H-pyrrole nitrogens is 1. The summed E-state index contributed by atoms with van der Waals surface area (Å²) in [6.07, 6.45) is 5.09. The van der Waals surface area contributed by atoms with Crippen LogP contribution < -0.4 is 5.32 Å². The highest BCUT2D eigenvalue weighted by molar-refractivity contribution is 7.71. The van der Waals surface area contributed by atoms with Gasteiger partial charge in [0.25, 0.3) is 0 Å². The van der Waals surface area contributed by atoms with E-state index in [9.17, 15) is 0 Å². The number of benzene rings is 2. The maximum Gasteiger partial charge on any atom is 0.200 e. The van der Waals surface area contributed by atoms with Crippen molar-refractivity contribution < 1.29 is 0 Å². The zero-order chi connectivity index (χ0) is 20.1. The van der Waals surface area contributed by atoms with Crippen LogP contribution in [0.15, 0.2) is 72.5 Å². The fourth-order valence-electron chi connectivity index (χ4n) is 3.22. The van der Waals surface area contributed by atoms with Crippen molar-refractivity contribution in [2.75, 3.05) is 6.54 Å². The molecule has 2 aromatic carbocycles. The number of hydrogen-bond acceptors (Lipinski definition) is 3. The summed E-state index contributed by atoms with van der Waals surface area (Å²) in [6, 6.07) is 14.6. The van der Waals surface area contributed by atoms with E-state index in [2.05, 4.69) is 71.5 Å². The predicted molar refractivity (Wildman–Crippen MR) is 121 cm³/mol.